The number of methoxy groups -OCH3 is 1. The van der Waals surface area contributed by atoms with E-state index in [-0.39, 0.29) is 18.0 Å². The lowest BCUT2D eigenvalue weighted by Gasteiger charge is -2.17. The zero-order valence-corrected chi connectivity index (χ0v) is 9.19. The van der Waals surface area contributed by atoms with Crippen LogP contribution in [0.5, 0.6) is 11.5 Å². The number of aromatic hydroxyl groups is 1. The molecule has 1 aromatic rings. The molecular weight excluding hydrogens is 226 g/mol. The Morgan fingerprint density at radius 2 is 2.18 bits per heavy atom. The van der Waals surface area contributed by atoms with E-state index in [1.807, 2.05) is 0 Å². The monoisotopic (exact) mass is 239 g/mol. The minimum atomic E-state index is -1.21. The van der Waals surface area contributed by atoms with Crippen LogP contribution >= 0.6 is 0 Å². The van der Waals surface area contributed by atoms with Crippen molar-refractivity contribution >= 4 is 0 Å². The summed E-state index contributed by atoms with van der Waals surface area (Å²) in [5, 5.41) is 31.8. The molecule has 0 spiro atoms. The molecule has 0 aliphatic rings. The number of hydrogen-bond donors (Lipinski definition) is 3. The van der Waals surface area contributed by atoms with Gasteiger partial charge in [-0.3, -0.25) is 0 Å². The van der Waals surface area contributed by atoms with Crippen LogP contribution in [0.25, 0.3) is 10.4 Å². The molecule has 0 radical (unpaired) electrons. The Kier molecular flexibility index (Phi) is 4.59. The molecule has 0 saturated heterocycles. The molecule has 0 amide bonds. The van der Waals surface area contributed by atoms with Gasteiger partial charge in [-0.1, -0.05) is 11.2 Å². The number of phenols is 1. The van der Waals surface area contributed by atoms with Gasteiger partial charge in [0, 0.05) is 4.91 Å². The Hall–Kier alpha value is -1.95. The number of ether oxygens (including phenoxy) is 1. The first-order valence-electron chi connectivity index (χ1n) is 4.84. The Bertz CT molecular complexity index is 432. The van der Waals surface area contributed by atoms with Crippen LogP contribution in [0, 0.1) is 0 Å². The standard InChI is InChI=1S/C10H13N3O4/c1-17-9-4-6(2-3-7(9)14)10(16)8(15)5-12-13-11/h2-4,8,10,14-16H,5H2,1H3. The summed E-state index contributed by atoms with van der Waals surface area (Å²) < 4.78 is 4.87. The van der Waals surface area contributed by atoms with Crippen molar-refractivity contribution in [2.75, 3.05) is 13.7 Å². The Morgan fingerprint density at radius 3 is 2.76 bits per heavy atom. The Labute approximate surface area is 97.5 Å². The predicted octanol–water partition coefficient (Wildman–Crippen LogP) is 1.11. The maximum absolute atomic E-state index is 9.76. The van der Waals surface area contributed by atoms with Gasteiger partial charge in [0.1, 0.15) is 6.10 Å². The largest absolute Gasteiger partial charge is 0.504 e. The van der Waals surface area contributed by atoms with Gasteiger partial charge in [0.05, 0.1) is 19.8 Å². The number of hydrogen-bond acceptors (Lipinski definition) is 5. The van der Waals surface area contributed by atoms with Crippen LogP contribution in [0.4, 0.5) is 0 Å². The summed E-state index contributed by atoms with van der Waals surface area (Å²) in [6, 6.07) is 4.19. The van der Waals surface area contributed by atoms with Crippen LogP contribution in [0.2, 0.25) is 0 Å². The third-order valence-corrected chi connectivity index (χ3v) is 2.24. The smallest absolute Gasteiger partial charge is 0.160 e. The Balaban J connectivity index is 2.88. The molecule has 2 atom stereocenters. The summed E-state index contributed by atoms with van der Waals surface area (Å²) in [6.45, 7) is -0.235. The second kappa shape index (κ2) is 5.95. The minimum Gasteiger partial charge on any atom is -0.504 e. The van der Waals surface area contributed by atoms with Crippen LogP contribution in [-0.2, 0) is 0 Å². The van der Waals surface area contributed by atoms with Crippen molar-refractivity contribution in [1.29, 1.82) is 0 Å². The van der Waals surface area contributed by atoms with Crippen LogP contribution in [0.3, 0.4) is 0 Å². The number of benzene rings is 1. The number of aliphatic hydroxyl groups excluding tert-OH is 2. The molecule has 1 rings (SSSR count). The molecule has 3 N–H and O–H groups in total. The molecule has 17 heavy (non-hydrogen) atoms. The van der Waals surface area contributed by atoms with Gasteiger partial charge < -0.3 is 20.1 Å². The van der Waals surface area contributed by atoms with E-state index in [0.717, 1.165) is 0 Å². The van der Waals surface area contributed by atoms with Crippen molar-refractivity contribution in [3.05, 3.63) is 34.2 Å². The number of aliphatic hydroxyl groups is 2. The average Bonchev–Trinajstić information content (AvgIpc) is 2.35. The van der Waals surface area contributed by atoms with Gasteiger partial charge in [0.2, 0.25) is 0 Å². The van der Waals surface area contributed by atoms with E-state index >= 15 is 0 Å². The minimum absolute atomic E-state index is 0.0621. The molecule has 0 bridgehead atoms. The zero-order chi connectivity index (χ0) is 12.8. The van der Waals surface area contributed by atoms with Crippen molar-refractivity contribution in [2.45, 2.75) is 12.2 Å². The van der Waals surface area contributed by atoms with Gasteiger partial charge in [-0.25, -0.2) is 0 Å². The van der Waals surface area contributed by atoms with Crippen molar-refractivity contribution in [1.82, 2.24) is 0 Å². The van der Waals surface area contributed by atoms with Gasteiger partial charge >= 0.3 is 0 Å². The molecule has 0 aromatic heterocycles. The Morgan fingerprint density at radius 1 is 1.47 bits per heavy atom. The van der Waals surface area contributed by atoms with Gasteiger partial charge in [-0.05, 0) is 23.2 Å². The lowest BCUT2D eigenvalue weighted by atomic mass is 10.0. The summed E-state index contributed by atoms with van der Waals surface area (Å²) in [5.41, 5.74) is 8.46. The number of phenolic OH excluding ortho intramolecular Hbond substituents is 1. The second-order valence-electron chi connectivity index (χ2n) is 3.36. The fraction of sp³-hybridized carbons (Fsp3) is 0.400. The average molecular weight is 239 g/mol. The van der Waals surface area contributed by atoms with Gasteiger partial charge in [-0.15, -0.1) is 0 Å². The van der Waals surface area contributed by atoms with Crippen molar-refractivity contribution < 1.29 is 20.1 Å². The van der Waals surface area contributed by atoms with E-state index in [9.17, 15) is 15.3 Å². The fourth-order valence-electron chi connectivity index (χ4n) is 1.32. The van der Waals surface area contributed by atoms with Crippen LogP contribution < -0.4 is 4.74 Å². The van der Waals surface area contributed by atoms with Gasteiger partial charge in [-0.2, -0.15) is 0 Å². The summed E-state index contributed by atoms with van der Waals surface area (Å²) >= 11 is 0. The van der Waals surface area contributed by atoms with Crippen molar-refractivity contribution in [2.24, 2.45) is 5.11 Å². The van der Waals surface area contributed by atoms with Crippen molar-refractivity contribution in [3.8, 4) is 11.5 Å². The first-order chi connectivity index (χ1) is 8.10. The number of rotatable bonds is 5. The summed E-state index contributed by atoms with van der Waals surface area (Å²) in [6.07, 6.45) is -2.42. The molecule has 0 aliphatic heterocycles. The lowest BCUT2D eigenvalue weighted by Crippen LogP contribution is -2.21. The highest BCUT2D eigenvalue weighted by molar-refractivity contribution is 5.42. The van der Waals surface area contributed by atoms with E-state index in [1.54, 1.807) is 0 Å². The first kappa shape index (κ1) is 13.1. The highest BCUT2D eigenvalue weighted by Gasteiger charge is 2.18. The molecule has 92 valence electrons. The molecule has 2 unspecified atom stereocenters. The quantitative estimate of drug-likeness (QED) is 0.405. The molecule has 1 aromatic carbocycles. The second-order valence-corrected chi connectivity index (χ2v) is 3.36. The highest BCUT2D eigenvalue weighted by atomic mass is 16.5. The lowest BCUT2D eigenvalue weighted by molar-refractivity contribution is 0.0242. The maximum Gasteiger partial charge on any atom is 0.160 e. The number of azide groups is 1. The van der Waals surface area contributed by atoms with Crippen LogP contribution in [0.1, 0.15) is 11.7 Å². The molecule has 7 nitrogen and oxygen atoms in total. The molecule has 0 fully saturated rings. The van der Waals surface area contributed by atoms with Gasteiger partial charge in [0.25, 0.3) is 0 Å². The van der Waals surface area contributed by atoms with E-state index in [1.165, 1.54) is 25.3 Å². The molecular formula is C10H13N3O4. The SMILES string of the molecule is COc1cc(C(O)C(O)CN=[N+]=[N-])ccc1O. The molecule has 7 heteroatoms. The molecule has 0 heterocycles. The summed E-state index contributed by atoms with van der Waals surface area (Å²) in [5.74, 6) is 0.130. The van der Waals surface area contributed by atoms with E-state index < -0.39 is 12.2 Å². The van der Waals surface area contributed by atoms with E-state index in [4.69, 9.17) is 10.3 Å². The summed E-state index contributed by atoms with van der Waals surface area (Å²) in [7, 11) is 1.38. The third kappa shape index (κ3) is 3.25. The normalized spacial score (nSPS) is 13.6. The van der Waals surface area contributed by atoms with Crippen LogP contribution in [-0.4, -0.2) is 35.1 Å². The van der Waals surface area contributed by atoms with Crippen LogP contribution in [0.15, 0.2) is 23.3 Å². The summed E-state index contributed by atoms with van der Waals surface area (Å²) in [4.78, 5) is 2.49. The molecule has 0 aliphatic carbocycles. The third-order valence-electron chi connectivity index (χ3n) is 2.24. The van der Waals surface area contributed by atoms with Crippen molar-refractivity contribution in [3.63, 3.8) is 0 Å². The number of nitrogens with zero attached hydrogens (tertiary/aromatic N) is 3. The van der Waals surface area contributed by atoms with Gasteiger partial charge in [0.15, 0.2) is 11.5 Å². The van der Waals surface area contributed by atoms with E-state index in [2.05, 4.69) is 10.0 Å². The first-order valence-corrected chi connectivity index (χ1v) is 4.84. The highest BCUT2D eigenvalue weighted by Crippen LogP contribution is 2.29. The topological polar surface area (TPSA) is 119 Å². The zero-order valence-electron chi connectivity index (χ0n) is 9.19. The van der Waals surface area contributed by atoms with E-state index in [0.29, 0.717) is 5.56 Å². The fourth-order valence-corrected chi connectivity index (χ4v) is 1.32. The predicted molar refractivity (Wildman–Crippen MR) is 59.6 cm³/mol. The maximum atomic E-state index is 9.76. The molecule has 0 saturated carbocycles.